The molecule has 3 aromatic heterocycles. The van der Waals surface area contributed by atoms with E-state index in [4.69, 9.17) is 5.26 Å². The predicted octanol–water partition coefficient (Wildman–Crippen LogP) is 10.4. The number of carbonyl (C=O) groups excluding carboxylic acids is 1. The van der Waals surface area contributed by atoms with Gasteiger partial charge in [-0.2, -0.15) is 16.6 Å². The Morgan fingerprint density at radius 3 is 2.22 bits per heavy atom. The molecule has 0 aliphatic carbocycles. The van der Waals surface area contributed by atoms with E-state index in [9.17, 15) is 4.79 Å². The van der Waals surface area contributed by atoms with Crippen LogP contribution in [0.15, 0.2) is 116 Å². The first-order chi connectivity index (χ1) is 23.1. The molecule has 0 saturated heterocycles. The van der Waals surface area contributed by atoms with Gasteiger partial charge in [-0.05, 0) is 51.0 Å². The maximum atomic E-state index is 12.5. The molecule has 1 radical (unpaired) electrons. The Kier molecular flexibility index (Phi) is 11.6. The summed E-state index contributed by atoms with van der Waals surface area (Å²) in [5.41, 5.74) is 7.23. The Bertz CT molecular complexity index is 2200. The molecule has 0 spiro atoms. The molecule has 0 fully saturated rings. The van der Waals surface area contributed by atoms with E-state index < -0.39 is 19.2 Å². The molecular weight excluding hydrogens is 865 g/mol. The number of thiophene rings is 1. The molecular formula is C41H36GeIrN2O3S-2. The van der Waals surface area contributed by atoms with Crippen LogP contribution in [0.25, 0.3) is 53.8 Å². The quantitative estimate of drug-likeness (QED) is 0.0779. The number of pyridine rings is 2. The van der Waals surface area contributed by atoms with Crippen LogP contribution in [0.2, 0.25) is 17.3 Å². The van der Waals surface area contributed by atoms with Crippen LogP contribution in [0.5, 0.6) is 0 Å². The van der Waals surface area contributed by atoms with Gasteiger partial charge in [-0.15, -0.1) is 23.8 Å². The third kappa shape index (κ3) is 8.09. The van der Waals surface area contributed by atoms with Gasteiger partial charge in [0.1, 0.15) is 0 Å². The molecule has 0 aliphatic heterocycles. The summed E-state index contributed by atoms with van der Waals surface area (Å²) in [5.74, 6) is 6.75. The smallest absolute Gasteiger partial charge is 0 e. The maximum Gasteiger partial charge on any atom is 0 e. The Balaban J connectivity index is 0.000000233. The number of rotatable bonds is 6. The largest absolute Gasteiger partial charge is 0 e. The van der Waals surface area contributed by atoms with Crippen LogP contribution in [0.4, 0.5) is 0 Å². The average molecular weight is 902 g/mol. The van der Waals surface area contributed by atoms with Crippen LogP contribution in [-0.2, 0) is 25.0 Å². The van der Waals surface area contributed by atoms with Crippen molar-refractivity contribution in [2.24, 2.45) is 0 Å². The minimum atomic E-state index is -1.72. The molecule has 8 heteroatoms. The first-order valence-electron chi connectivity index (χ1n) is 15.9. The summed E-state index contributed by atoms with van der Waals surface area (Å²) in [6, 6.07) is 40.6. The zero-order valence-corrected chi connectivity index (χ0v) is 33.3. The van der Waals surface area contributed by atoms with Crippen LogP contribution in [0, 0.1) is 12.1 Å². The average Bonchev–Trinajstić information content (AvgIpc) is 3.50. The van der Waals surface area contributed by atoms with Gasteiger partial charge in [-0.3, -0.25) is 4.89 Å². The van der Waals surface area contributed by atoms with Crippen LogP contribution < -0.4 is 4.40 Å². The number of benzene rings is 4. The van der Waals surface area contributed by atoms with E-state index in [-0.39, 0.29) is 20.1 Å². The topological polar surface area (TPSA) is 72.3 Å². The zero-order valence-electron chi connectivity index (χ0n) is 27.9. The molecule has 7 aromatic rings. The fourth-order valence-corrected chi connectivity index (χ4v) is 8.98. The normalized spacial score (nSPS) is 11.2. The standard InChI is InChI=1S/C27H20NO3S.C14H16GeN.Ir/c1-16(2)18-11-12-28-24(15-18)21-10-6-9-20-22-13-19(17-7-4-3-5-8-17)14-23(27(29)31-30)26(22)32-25(20)21;1-15(2,3)13-9-10-14(16-11-13)12-7-5-4-6-8-12;/h3-9,11-16,30H,1-2H3;4-7,9-11H,1-3H3;/q2*-1;. The number of hydrogen-bond acceptors (Lipinski definition) is 6. The number of hydrogen-bond donors (Lipinski definition) is 1. The molecule has 0 aliphatic rings. The summed E-state index contributed by atoms with van der Waals surface area (Å²) in [6.07, 6.45) is 3.86. The minimum Gasteiger partial charge on any atom is 0 e. The van der Waals surface area contributed by atoms with E-state index in [0.717, 1.165) is 53.8 Å². The molecule has 1 N–H and O–H groups in total. The van der Waals surface area contributed by atoms with E-state index in [1.165, 1.54) is 21.3 Å². The van der Waals surface area contributed by atoms with Crippen molar-refractivity contribution in [3.8, 4) is 33.6 Å². The summed E-state index contributed by atoms with van der Waals surface area (Å²) < 4.78 is 3.20. The van der Waals surface area contributed by atoms with Crippen molar-refractivity contribution < 1.29 is 35.0 Å². The Hall–Kier alpha value is -3.98. The van der Waals surface area contributed by atoms with Crippen molar-refractivity contribution in [1.29, 1.82) is 0 Å². The summed E-state index contributed by atoms with van der Waals surface area (Å²) >= 11 is -0.227. The molecule has 0 amide bonds. The van der Waals surface area contributed by atoms with Gasteiger partial charge in [0.25, 0.3) is 0 Å². The van der Waals surface area contributed by atoms with Gasteiger partial charge in [0.05, 0.1) is 5.56 Å². The molecule has 7 rings (SSSR count). The number of nitrogens with zero attached hydrogens (tertiary/aromatic N) is 2. The SMILES string of the molecule is CC(C)c1ccnc(-c2[c-]ccc3c2sc2c(C(=O)OO)cc(-c4ccccc4)cc23)c1.[CH3][Ge]([CH3])([CH3])[c]1ccc(-c2[c-]cccc2)nc1.[Ir]. The van der Waals surface area contributed by atoms with Crippen molar-refractivity contribution in [1.82, 2.24) is 9.97 Å². The van der Waals surface area contributed by atoms with Crippen molar-refractivity contribution in [2.45, 2.75) is 37.0 Å². The van der Waals surface area contributed by atoms with Gasteiger partial charge in [0.15, 0.2) is 0 Å². The number of carbonyl (C=O) groups is 1. The predicted molar refractivity (Wildman–Crippen MR) is 200 cm³/mol. The van der Waals surface area contributed by atoms with Crippen LogP contribution in [0.1, 0.15) is 35.7 Å². The Morgan fingerprint density at radius 2 is 1.57 bits per heavy atom. The molecule has 0 unspecified atom stereocenters. The van der Waals surface area contributed by atoms with E-state index >= 15 is 0 Å². The van der Waals surface area contributed by atoms with Gasteiger partial charge in [0, 0.05) is 31.0 Å². The van der Waals surface area contributed by atoms with Crippen LogP contribution in [-0.4, -0.2) is 34.5 Å². The van der Waals surface area contributed by atoms with Gasteiger partial charge < -0.3 is 4.98 Å². The third-order valence-corrected chi connectivity index (χ3v) is 13.8. The zero-order chi connectivity index (χ0) is 33.8. The molecule has 0 bridgehead atoms. The fourth-order valence-electron chi connectivity index (χ4n) is 5.52. The molecule has 5 nitrogen and oxygen atoms in total. The molecule has 3 heterocycles. The van der Waals surface area contributed by atoms with Crippen molar-refractivity contribution in [3.63, 3.8) is 0 Å². The Morgan fingerprint density at radius 1 is 0.796 bits per heavy atom. The van der Waals surface area contributed by atoms with Gasteiger partial charge in [0.2, 0.25) is 0 Å². The third-order valence-electron chi connectivity index (χ3n) is 8.26. The minimum absolute atomic E-state index is 0. The van der Waals surface area contributed by atoms with Gasteiger partial charge in [-0.1, -0.05) is 61.2 Å². The number of fused-ring (bicyclic) bond motifs is 3. The van der Waals surface area contributed by atoms with E-state index in [1.807, 2.05) is 85.2 Å². The van der Waals surface area contributed by atoms with E-state index in [1.54, 1.807) is 6.07 Å². The van der Waals surface area contributed by atoms with E-state index in [0.29, 0.717) is 11.5 Å². The second-order valence-electron chi connectivity index (χ2n) is 12.9. The van der Waals surface area contributed by atoms with Crippen molar-refractivity contribution in [2.75, 3.05) is 0 Å². The first-order valence-corrected chi connectivity index (χ1v) is 24.0. The molecule has 4 aromatic carbocycles. The van der Waals surface area contributed by atoms with Crippen molar-refractivity contribution in [3.05, 3.63) is 139 Å². The second kappa shape index (κ2) is 15.7. The molecule has 0 atom stereocenters. The fraction of sp³-hybridized carbons (Fsp3) is 0.146. The number of aromatic nitrogens is 2. The second-order valence-corrected chi connectivity index (χ2v) is 24.6. The molecule has 0 saturated carbocycles. The summed E-state index contributed by atoms with van der Waals surface area (Å²) in [6.45, 7) is 4.31. The summed E-state index contributed by atoms with van der Waals surface area (Å²) in [4.78, 5) is 25.7. The van der Waals surface area contributed by atoms with Gasteiger partial charge >= 0.3 is 106 Å². The van der Waals surface area contributed by atoms with Crippen LogP contribution in [0.3, 0.4) is 0 Å². The summed E-state index contributed by atoms with van der Waals surface area (Å²) in [7, 11) is 0. The van der Waals surface area contributed by atoms with Crippen molar-refractivity contribution >= 4 is 55.1 Å². The monoisotopic (exact) mass is 903 g/mol. The molecule has 249 valence electrons. The first kappa shape index (κ1) is 36.3. The van der Waals surface area contributed by atoms with Crippen LogP contribution >= 0.6 is 11.3 Å². The summed E-state index contributed by atoms with van der Waals surface area (Å²) in [5, 5.41) is 11.1. The maximum absolute atomic E-state index is 12.5. The van der Waals surface area contributed by atoms with Gasteiger partial charge in [-0.25, -0.2) is 4.79 Å². The van der Waals surface area contributed by atoms with E-state index in [2.05, 4.69) is 82.4 Å². The Labute approximate surface area is 307 Å². The molecule has 49 heavy (non-hydrogen) atoms.